The minimum atomic E-state index is -0.611. The molecule has 3 rings (SSSR count). The van der Waals surface area contributed by atoms with Crippen molar-refractivity contribution in [3.05, 3.63) is 35.0 Å². The normalized spacial score (nSPS) is 20.2. The summed E-state index contributed by atoms with van der Waals surface area (Å²) in [5, 5.41) is 2.89. The second kappa shape index (κ2) is 8.54. The molecule has 1 fully saturated rings. The molecule has 152 valence electrons. The lowest BCUT2D eigenvalue weighted by molar-refractivity contribution is -0.139. The number of nitrogens with one attached hydrogen (secondary N) is 1. The Morgan fingerprint density at radius 1 is 1.25 bits per heavy atom. The van der Waals surface area contributed by atoms with Crippen LogP contribution in [0.25, 0.3) is 0 Å². The van der Waals surface area contributed by atoms with Gasteiger partial charge in [0.25, 0.3) is 0 Å². The monoisotopic (exact) mass is 388 g/mol. The Labute approximate surface area is 165 Å². The van der Waals surface area contributed by atoms with E-state index in [1.807, 2.05) is 18.2 Å². The zero-order chi connectivity index (χ0) is 20.3. The third kappa shape index (κ3) is 3.93. The van der Waals surface area contributed by atoms with Crippen LogP contribution in [-0.4, -0.2) is 43.8 Å². The Bertz CT molecular complexity index is 783. The Balaban J connectivity index is 1.99. The SMILES string of the molecule is CCOC(=O)C1=C(C)N(C)C(=O)NC1c1ccc(OC)c(OC2CCCC2)c1. The van der Waals surface area contributed by atoms with Crippen LogP contribution in [0.5, 0.6) is 11.5 Å². The second-order valence-corrected chi connectivity index (χ2v) is 7.10. The van der Waals surface area contributed by atoms with Gasteiger partial charge in [0.2, 0.25) is 0 Å². The Morgan fingerprint density at radius 2 is 1.96 bits per heavy atom. The van der Waals surface area contributed by atoms with Crippen molar-refractivity contribution in [3.8, 4) is 11.5 Å². The molecule has 28 heavy (non-hydrogen) atoms. The molecule has 0 bridgehead atoms. The van der Waals surface area contributed by atoms with E-state index in [2.05, 4.69) is 5.32 Å². The second-order valence-electron chi connectivity index (χ2n) is 7.10. The van der Waals surface area contributed by atoms with Gasteiger partial charge in [-0.05, 0) is 57.2 Å². The van der Waals surface area contributed by atoms with E-state index >= 15 is 0 Å². The number of esters is 1. The maximum atomic E-state index is 12.6. The molecule has 1 aromatic carbocycles. The zero-order valence-corrected chi connectivity index (χ0v) is 16.9. The number of methoxy groups -OCH3 is 1. The van der Waals surface area contributed by atoms with E-state index < -0.39 is 12.0 Å². The average Bonchev–Trinajstić information content (AvgIpc) is 3.19. The first-order valence-corrected chi connectivity index (χ1v) is 9.73. The molecule has 1 aliphatic carbocycles. The number of carbonyl (C=O) groups excluding carboxylic acids is 2. The smallest absolute Gasteiger partial charge is 0.338 e. The summed E-state index contributed by atoms with van der Waals surface area (Å²) in [6.07, 6.45) is 4.52. The molecule has 0 radical (unpaired) electrons. The molecule has 0 saturated heterocycles. The number of benzene rings is 1. The molecule has 2 aliphatic rings. The molecule has 1 aromatic rings. The highest BCUT2D eigenvalue weighted by Gasteiger charge is 2.35. The van der Waals surface area contributed by atoms with Crippen molar-refractivity contribution in [2.75, 3.05) is 20.8 Å². The number of nitrogens with zero attached hydrogens (tertiary/aromatic N) is 1. The fourth-order valence-electron chi connectivity index (χ4n) is 3.71. The summed E-state index contributed by atoms with van der Waals surface area (Å²) in [6.45, 7) is 3.77. The molecule has 0 aromatic heterocycles. The van der Waals surface area contributed by atoms with E-state index in [9.17, 15) is 9.59 Å². The number of ether oxygens (including phenoxy) is 3. The summed E-state index contributed by atoms with van der Waals surface area (Å²) in [7, 11) is 3.23. The molecule has 1 heterocycles. The molecular weight excluding hydrogens is 360 g/mol. The summed E-state index contributed by atoms with van der Waals surface area (Å²) in [6, 6.07) is 4.61. The molecule has 2 amide bonds. The van der Waals surface area contributed by atoms with Crippen molar-refractivity contribution in [1.29, 1.82) is 0 Å². The molecule has 1 saturated carbocycles. The van der Waals surface area contributed by atoms with E-state index in [1.54, 1.807) is 28.0 Å². The van der Waals surface area contributed by atoms with Gasteiger partial charge in [-0.1, -0.05) is 6.07 Å². The van der Waals surface area contributed by atoms with Crippen LogP contribution in [-0.2, 0) is 9.53 Å². The highest BCUT2D eigenvalue weighted by molar-refractivity contribution is 5.95. The Kier molecular flexibility index (Phi) is 6.11. The van der Waals surface area contributed by atoms with Crippen molar-refractivity contribution in [2.45, 2.75) is 51.7 Å². The lowest BCUT2D eigenvalue weighted by atomic mass is 9.94. The van der Waals surface area contributed by atoms with Gasteiger partial charge in [-0.25, -0.2) is 9.59 Å². The van der Waals surface area contributed by atoms with Gasteiger partial charge < -0.3 is 24.4 Å². The predicted octanol–water partition coefficient (Wildman–Crippen LogP) is 3.55. The molecule has 1 atom stereocenters. The first kappa shape index (κ1) is 20.0. The van der Waals surface area contributed by atoms with Crippen molar-refractivity contribution in [1.82, 2.24) is 10.2 Å². The average molecular weight is 388 g/mol. The quantitative estimate of drug-likeness (QED) is 0.754. The van der Waals surface area contributed by atoms with Crippen LogP contribution in [0.2, 0.25) is 0 Å². The van der Waals surface area contributed by atoms with Gasteiger partial charge in [0.05, 0.1) is 31.4 Å². The van der Waals surface area contributed by atoms with E-state index in [0.717, 1.165) is 31.2 Å². The molecule has 7 heteroatoms. The van der Waals surface area contributed by atoms with E-state index in [4.69, 9.17) is 14.2 Å². The largest absolute Gasteiger partial charge is 0.493 e. The van der Waals surface area contributed by atoms with Gasteiger partial charge in [0, 0.05) is 12.7 Å². The number of hydrogen-bond donors (Lipinski definition) is 1. The number of allylic oxidation sites excluding steroid dienone is 1. The number of urea groups is 1. The lowest BCUT2D eigenvalue weighted by Gasteiger charge is -2.33. The summed E-state index contributed by atoms with van der Waals surface area (Å²) in [5.74, 6) is 0.820. The van der Waals surface area contributed by atoms with Gasteiger partial charge >= 0.3 is 12.0 Å². The van der Waals surface area contributed by atoms with Gasteiger partial charge in [-0.2, -0.15) is 0 Å². The van der Waals surface area contributed by atoms with Crippen LogP contribution in [0, 0.1) is 0 Å². The van der Waals surface area contributed by atoms with Crippen LogP contribution < -0.4 is 14.8 Å². The van der Waals surface area contributed by atoms with E-state index in [0.29, 0.717) is 22.8 Å². The first-order valence-electron chi connectivity index (χ1n) is 9.73. The molecule has 1 N–H and O–H groups in total. The number of amides is 2. The van der Waals surface area contributed by atoms with Crippen LogP contribution in [0.4, 0.5) is 4.79 Å². The fraction of sp³-hybridized carbons (Fsp3) is 0.524. The van der Waals surface area contributed by atoms with Gasteiger partial charge in [-0.3, -0.25) is 0 Å². The third-order valence-corrected chi connectivity index (χ3v) is 5.37. The van der Waals surface area contributed by atoms with E-state index in [1.165, 1.54) is 4.90 Å². The molecule has 0 spiro atoms. The molecular formula is C21H28N2O5. The van der Waals surface area contributed by atoms with E-state index in [-0.39, 0.29) is 18.7 Å². The predicted molar refractivity (Wildman–Crippen MR) is 104 cm³/mol. The summed E-state index contributed by atoms with van der Waals surface area (Å²) < 4.78 is 16.9. The number of carbonyl (C=O) groups is 2. The summed E-state index contributed by atoms with van der Waals surface area (Å²) in [4.78, 5) is 26.4. The standard InChI is InChI=1S/C21H28N2O5/c1-5-27-20(24)18-13(2)23(3)21(25)22-19(18)14-10-11-16(26-4)17(12-14)28-15-8-6-7-9-15/h10-12,15,19H,5-9H2,1-4H3,(H,22,25). The minimum absolute atomic E-state index is 0.165. The Hall–Kier alpha value is -2.70. The van der Waals surface area contributed by atoms with Gasteiger partial charge in [-0.15, -0.1) is 0 Å². The third-order valence-electron chi connectivity index (χ3n) is 5.37. The lowest BCUT2D eigenvalue weighted by Crippen LogP contribution is -2.46. The number of rotatable bonds is 6. The van der Waals surface area contributed by atoms with Gasteiger partial charge in [0.1, 0.15) is 0 Å². The van der Waals surface area contributed by atoms with Crippen molar-refractivity contribution >= 4 is 12.0 Å². The minimum Gasteiger partial charge on any atom is -0.493 e. The molecule has 1 aliphatic heterocycles. The van der Waals surface area contributed by atoms with Crippen molar-refractivity contribution in [3.63, 3.8) is 0 Å². The molecule has 7 nitrogen and oxygen atoms in total. The highest BCUT2D eigenvalue weighted by Crippen LogP contribution is 2.37. The maximum Gasteiger partial charge on any atom is 0.338 e. The number of hydrogen-bond acceptors (Lipinski definition) is 5. The topological polar surface area (TPSA) is 77.1 Å². The van der Waals surface area contributed by atoms with Crippen molar-refractivity contribution in [2.24, 2.45) is 0 Å². The zero-order valence-electron chi connectivity index (χ0n) is 16.9. The fourth-order valence-corrected chi connectivity index (χ4v) is 3.71. The summed E-state index contributed by atoms with van der Waals surface area (Å²) >= 11 is 0. The first-order chi connectivity index (χ1) is 13.5. The molecule has 1 unspecified atom stereocenters. The van der Waals surface area contributed by atoms with Gasteiger partial charge in [0.15, 0.2) is 11.5 Å². The van der Waals surface area contributed by atoms with Crippen molar-refractivity contribution < 1.29 is 23.8 Å². The van der Waals surface area contributed by atoms with Crippen LogP contribution >= 0.6 is 0 Å². The van der Waals surface area contributed by atoms with Crippen LogP contribution in [0.15, 0.2) is 29.5 Å². The Morgan fingerprint density at radius 3 is 2.61 bits per heavy atom. The summed E-state index contributed by atoms with van der Waals surface area (Å²) in [5.41, 5.74) is 1.74. The maximum absolute atomic E-state index is 12.6. The van der Waals surface area contributed by atoms with Crippen LogP contribution in [0.1, 0.15) is 51.1 Å². The highest BCUT2D eigenvalue weighted by atomic mass is 16.5. The van der Waals surface area contributed by atoms with Crippen LogP contribution in [0.3, 0.4) is 0 Å².